The van der Waals surface area contributed by atoms with Crippen LogP contribution in [0.1, 0.15) is 46.7 Å². The summed E-state index contributed by atoms with van der Waals surface area (Å²) >= 11 is 0. The van der Waals surface area contributed by atoms with Crippen LogP contribution in [-0.2, 0) is 4.79 Å². The minimum absolute atomic E-state index is 0.178. The molecule has 0 bridgehead atoms. The van der Waals surface area contributed by atoms with Gasteiger partial charge in [0.15, 0.2) is 5.78 Å². The predicted octanol–water partition coefficient (Wildman–Crippen LogP) is 3.61. The van der Waals surface area contributed by atoms with E-state index < -0.39 is 0 Å². The van der Waals surface area contributed by atoms with Gasteiger partial charge in [-0.1, -0.05) is 42.0 Å². The topological polar surface area (TPSA) is 43.9 Å². The zero-order valence-electron chi connectivity index (χ0n) is 17.8. The van der Waals surface area contributed by atoms with Crippen molar-refractivity contribution in [2.75, 3.05) is 43.0 Å². The van der Waals surface area contributed by atoms with Crippen molar-refractivity contribution in [1.82, 2.24) is 4.90 Å². The van der Waals surface area contributed by atoms with Gasteiger partial charge in [-0.15, -0.1) is 0 Å². The van der Waals surface area contributed by atoms with E-state index in [0.717, 1.165) is 43.7 Å². The van der Waals surface area contributed by atoms with E-state index in [0.29, 0.717) is 24.9 Å². The molecule has 30 heavy (non-hydrogen) atoms. The first-order valence-electron chi connectivity index (χ1n) is 11.0. The maximum absolute atomic E-state index is 12.5. The first-order valence-corrected chi connectivity index (χ1v) is 11.0. The number of benzene rings is 2. The van der Waals surface area contributed by atoms with Crippen LogP contribution in [0.3, 0.4) is 0 Å². The number of amides is 1. The van der Waals surface area contributed by atoms with Crippen LogP contribution in [0.5, 0.6) is 0 Å². The summed E-state index contributed by atoms with van der Waals surface area (Å²) in [5.74, 6) is 0.859. The van der Waals surface area contributed by atoms with E-state index in [-0.39, 0.29) is 11.7 Å². The molecule has 1 saturated heterocycles. The lowest BCUT2D eigenvalue weighted by atomic mass is 9.89. The van der Waals surface area contributed by atoms with Gasteiger partial charge in [-0.3, -0.25) is 9.59 Å². The Balaban J connectivity index is 1.24. The van der Waals surface area contributed by atoms with Gasteiger partial charge < -0.3 is 14.7 Å². The number of rotatable bonds is 5. The monoisotopic (exact) mass is 403 g/mol. The van der Waals surface area contributed by atoms with Crippen molar-refractivity contribution in [2.45, 2.75) is 38.1 Å². The van der Waals surface area contributed by atoms with Gasteiger partial charge >= 0.3 is 0 Å². The normalized spacial score (nSPS) is 22.8. The Bertz CT molecular complexity index is 984. The highest BCUT2D eigenvalue weighted by Crippen LogP contribution is 2.50. The molecule has 3 aliphatic rings. The Labute approximate surface area is 178 Å². The van der Waals surface area contributed by atoms with Gasteiger partial charge in [-0.05, 0) is 37.9 Å². The van der Waals surface area contributed by atoms with Crippen molar-refractivity contribution in [1.29, 1.82) is 0 Å². The molecule has 1 fully saturated rings. The van der Waals surface area contributed by atoms with Crippen molar-refractivity contribution < 1.29 is 9.59 Å². The molecule has 0 N–H and O–H groups in total. The average Bonchev–Trinajstić information content (AvgIpc) is 3.06. The van der Waals surface area contributed by atoms with Crippen molar-refractivity contribution in [3.8, 4) is 0 Å². The van der Waals surface area contributed by atoms with Crippen molar-refractivity contribution in [3.05, 3.63) is 59.2 Å². The van der Waals surface area contributed by atoms with Gasteiger partial charge in [-0.25, -0.2) is 0 Å². The highest BCUT2D eigenvalue weighted by atomic mass is 16.2. The zero-order valence-corrected chi connectivity index (χ0v) is 17.8. The largest absolute Gasteiger partial charge is 0.357 e. The molecule has 3 heterocycles. The fourth-order valence-corrected chi connectivity index (χ4v) is 5.42. The molecule has 2 aromatic carbocycles. The highest BCUT2D eigenvalue weighted by Gasteiger charge is 2.46. The number of aryl methyl sites for hydroxylation is 1. The van der Waals surface area contributed by atoms with Gasteiger partial charge in [0.05, 0.1) is 17.9 Å². The van der Waals surface area contributed by atoms with E-state index in [9.17, 15) is 9.59 Å². The molecular weight excluding hydrogens is 374 g/mol. The third kappa shape index (κ3) is 3.21. The second kappa shape index (κ2) is 7.55. The zero-order chi connectivity index (χ0) is 20.8. The summed E-state index contributed by atoms with van der Waals surface area (Å²) in [4.78, 5) is 31.6. The number of carbonyl (C=O) groups is 2. The van der Waals surface area contributed by atoms with Crippen LogP contribution >= 0.6 is 0 Å². The Hall–Kier alpha value is -2.66. The third-order valence-electron chi connectivity index (χ3n) is 7.09. The van der Waals surface area contributed by atoms with Gasteiger partial charge in [0.1, 0.15) is 0 Å². The minimum Gasteiger partial charge on any atom is -0.357 e. The van der Waals surface area contributed by atoms with Crippen LogP contribution in [0.4, 0.5) is 11.4 Å². The molecule has 0 saturated carbocycles. The van der Waals surface area contributed by atoms with Crippen LogP contribution in [0.15, 0.2) is 42.5 Å². The number of fused-ring (bicyclic) bond motifs is 3. The second-order valence-corrected chi connectivity index (χ2v) is 8.95. The number of anilines is 2. The van der Waals surface area contributed by atoms with E-state index in [1.54, 1.807) is 4.90 Å². The molecular formula is C25H29N3O2. The molecule has 0 aliphatic carbocycles. The molecule has 5 rings (SSSR count). The standard InChI is InChI=1S/C25H29N3O2/c1-17-8-10-18(11-9-17)23(29)7-4-13-27-14-12-21-20(15-27)19-5-3-6-22-25(19)28(21)16-24(30)26(22)2/h3,5-6,8-11,20-21H,4,7,12-16H2,1-2H3. The number of nitrogens with zero attached hydrogens (tertiary/aromatic N) is 3. The smallest absolute Gasteiger partial charge is 0.246 e. The molecule has 5 heteroatoms. The summed E-state index contributed by atoms with van der Waals surface area (Å²) in [5.41, 5.74) is 5.70. The number of ketones is 1. The number of likely N-dealkylation sites (tertiary alicyclic amines) is 1. The lowest BCUT2D eigenvalue weighted by Crippen LogP contribution is -2.51. The van der Waals surface area contributed by atoms with Gasteiger partial charge in [0.2, 0.25) is 5.91 Å². The molecule has 5 nitrogen and oxygen atoms in total. The van der Waals surface area contributed by atoms with E-state index in [2.05, 4.69) is 28.0 Å². The number of piperidine rings is 1. The lowest BCUT2D eigenvalue weighted by molar-refractivity contribution is -0.117. The molecule has 2 aromatic rings. The molecule has 0 aromatic heterocycles. The molecule has 3 aliphatic heterocycles. The number of hydrogen-bond acceptors (Lipinski definition) is 4. The molecule has 2 atom stereocenters. The first-order chi connectivity index (χ1) is 14.5. The number of hydrogen-bond donors (Lipinski definition) is 0. The fourth-order valence-electron chi connectivity index (χ4n) is 5.42. The lowest BCUT2D eigenvalue weighted by Gasteiger charge is -2.40. The summed E-state index contributed by atoms with van der Waals surface area (Å²) < 4.78 is 0. The molecule has 0 radical (unpaired) electrons. The highest BCUT2D eigenvalue weighted by molar-refractivity contribution is 6.04. The van der Waals surface area contributed by atoms with Crippen LogP contribution < -0.4 is 9.80 Å². The summed E-state index contributed by atoms with van der Waals surface area (Å²) in [7, 11) is 1.88. The van der Waals surface area contributed by atoms with Gasteiger partial charge in [0, 0.05) is 44.1 Å². The number of Topliss-reactive ketones (excluding diaryl/α,β-unsaturated/α-hetero) is 1. The number of likely N-dealkylation sites (N-methyl/N-ethyl adjacent to an activating group) is 1. The van der Waals surface area contributed by atoms with Crippen LogP contribution in [0, 0.1) is 6.92 Å². The van der Waals surface area contributed by atoms with Crippen LogP contribution in [0.2, 0.25) is 0 Å². The van der Waals surface area contributed by atoms with Crippen molar-refractivity contribution >= 4 is 23.1 Å². The Morgan fingerprint density at radius 3 is 2.73 bits per heavy atom. The van der Waals surface area contributed by atoms with Crippen LogP contribution in [-0.4, -0.2) is 55.9 Å². The summed E-state index contributed by atoms with van der Waals surface area (Å²) in [5, 5.41) is 0. The maximum Gasteiger partial charge on any atom is 0.246 e. The SMILES string of the molecule is Cc1ccc(C(=O)CCCN2CCC3C(C2)c2cccc4c2N3CC(=O)N4C)cc1. The Morgan fingerprint density at radius 2 is 1.93 bits per heavy atom. The van der Waals surface area contributed by atoms with Crippen molar-refractivity contribution in [3.63, 3.8) is 0 Å². The quantitative estimate of drug-likeness (QED) is 0.716. The van der Waals surface area contributed by atoms with Crippen molar-refractivity contribution in [2.24, 2.45) is 0 Å². The van der Waals surface area contributed by atoms with Crippen LogP contribution in [0.25, 0.3) is 0 Å². The molecule has 2 unspecified atom stereocenters. The average molecular weight is 404 g/mol. The minimum atomic E-state index is 0.178. The predicted molar refractivity (Wildman–Crippen MR) is 120 cm³/mol. The van der Waals surface area contributed by atoms with Gasteiger partial charge in [0.25, 0.3) is 0 Å². The van der Waals surface area contributed by atoms with Gasteiger partial charge in [-0.2, -0.15) is 0 Å². The second-order valence-electron chi connectivity index (χ2n) is 8.95. The summed E-state index contributed by atoms with van der Waals surface area (Å²) in [6.07, 6.45) is 2.56. The first kappa shape index (κ1) is 19.3. The van der Waals surface area contributed by atoms with E-state index in [1.165, 1.54) is 16.8 Å². The van der Waals surface area contributed by atoms with E-state index >= 15 is 0 Å². The molecule has 1 amide bonds. The Kier molecular flexibility index (Phi) is 4.86. The van der Waals surface area contributed by atoms with E-state index in [4.69, 9.17) is 0 Å². The number of carbonyl (C=O) groups excluding carboxylic acids is 2. The summed E-state index contributed by atoms with van der Waals surface area (Å²) in [6, 6.07) is 14.7. The maximum atomic E-state index is 12.5. The number of para-hydroxylation sites is 1. The fraction of sp³-hybridized carbons (Fsp3) is 0.440. The molecule has 0 spiro atoms. The third-order valence-corrected chi connectivity index (χ3v) is 7.09. The molecule has 156 valence electrons. The Morgan fingerprint density at radius 1 is 1.13 bits per heavy atom. The summed E-state index contributed by atoms with van der Waals surface area (Å²) in [6.45, 7) is 5.53. The van der Waals surface area contributed by atoms with E-state index in [1.807, 2.05) is 38.2 Å².